The fraction of sp³-hybridized carbons (Fsp3) is 0.524. The van der Waals surface area contributed by atoms with Gasteiger partial charge in [-0.1, -0.05) is 42.8 Å². The number of sulfone groups is 2. The van der Waals surface area contributed by atoms with Crippen molar-refractivity contribution in [1.82, 2.24) is 10.2 Å². The van der Waals surface area contributed by atoms with Gasteiger partial charge in [0, 0.05) is 18.6 Å². The monoisotopic (exact) mass is 468 g/mol. The van der Waals surface area contributed by atoms with Crippen LogP contribution in [0.3, 0.4) is 0 Å². The maximum atomic E-state index is 13.1. The highest BCUT2D eigenvalue weighted by Crippen LogP contribution is 2.30. The molecule has 0 spiro atoms. The minimum Gasteiger partial charge on any atom is -0.310 e. The number of likely N-dealkylation sites (tertiary alicyclic amines) is 1. The summed E-state index contributed by atoms with van der Waals surface area (Å²) in [6, 6.07) is 12.9. The van der Waals surface area contributed by atoms with Crippen LogP contribution in [0.4, 0.5) is 0 Å². The van der Waals surface area contributed by atoms with E-state index in [2.05, 4.69) is 22.3 Å². The predicted octanol–water partition coefficient (Wildman–Crippen LogP) is 2.50. The molecule has 0 amide bonds. The van der Waals surface area contributed by atoms with Gasteiger partial charge in [0.2, 0.25) is 0 Å². The van der Waals surface area contributed by atoms with Crippen molar-refractivity contribution in [3.63, 3.8) is 0 Å². The van der Waals surface area contributed by atoms with Crippen molar-refractivity contribution in [2.24, 2.45) is 0 Å². The van der Waals surface area contributed by atoms with Crippen molar-refractivity contribution in [3.05, 3.63) is 53.4 Å². The molecule has 2 aliphatic rings. The van der Waals surface area contributed by atoms with E-state index in [4.69, 9.17) is 0 Å². The summed E-state index contributed by atoms with van der Waals surface area (Å²) in [5.41, 5.74) is 1.17. The van der Waals surface area contributed by atoms with Crippen LogP contribution in [0.1, 0.15) is 30.9 Å². The highest BCUT2D eigenvalue weighted by atomic mass is 32.2. The number of hydrogen-bond donors (Lipinski definition) is 1. The zero-order valence-corrected chi connectivity index (χ0v) is 19.3. The third-order valence-electron chi connectivity index (χ3n) is 6.06. The molecule has 2 saturated heterocycles. The molecule has 4 rings (SSSR count). The Hall–Kier alpha value is -1.26. The molecular formula is C21H28N2O4S3. The van der Waals surface area contributed by atoms with Gasteiger partial charge in [0.15, 0.2) is 19.7 Å². The summed E-state index contributed by atoms with van der Waals surface area (Å²) in [6.45, 7) is 2.53. The van der Waals surface area contributed by atoms with E-state index < -0.39 is 31.0 Å². The van der Waals surface area contributed by atoms with Gasteiger partial charge in [-0.25, -0.2) is 16.8 Å². The van der Waals surface area contributed by atoms with E-state index >= 15 is 0 Å². The van der Waals surface area contributed by atoms with Gasteiger partial charge >= 0.3 is 0 Å². The lowest BCUT2D eigenvalue weighted by atomic mass is 10.0. The van der Waals surface area contributed by atoms with Crippen molar-refractivity contribution in [1.29, 1.82) is 0 Å². The molecule has 0 bridgehead atoms. The minimum atomic E-state index is -3.69. The zero-order chi connectivity index (χ0) is 21.2. The lowest BCUT2D eigenvalue weighted by Crippen LogP contribution is -2.47. The highest BCUT2D eigenvalue weighted by molar-refractivity contribution is 7.97. The van der Waals surface area contributed by atoms with E-state index in [9.17, 15) is 16.8 Å². The third kappa shape index (κ3) is 4.80. The van der Waals surface area contributed by atoms with Gasteiger partial charge in [-0.2, -0.15) is 0 Å². The van der Waals surface area contributed by atoms with E-state index in [1.807, 2.05) is 18.2 Å². The van der Waals surface area contributed by atoms with Crippen molar-refractivity contribution in [3.8, 4) is 0 Å². The second-order valence-electron chi connectivity index (χ2n) is 8.13. The Balaban J connectivity index is 1.55. The van der Waals surface area contributed by atoms with E-state index in [1.54, 1.807) is 17.5 Å². The van der Waals surface area contributed by atoms with Crippen LogP contribution >= 0.6 is 11.3 Å². The maximum absolute atomic E-state index is 13.1. The molecule has 2 fully saturated rings. The summed E-state index contributed by atoms with van der Waals surface area (Å²) in [6.07, 6.45) is 3.53. The maximum Gasteiger partial charge on any atom is 0.193 e. The molecule has 164 valence electrons. The first kappa shape index (κ1) is 22.0. The molecule has 9 heteroatoms. The summed E-state index contributed by atoms with van der Waals surface area (Å²) in [7, 11) is -7.10. The van der Waals surface area contributed by atoms with Gasteiger partial charge < -0.3 is 5.32 Å². The van der Waals surface area contributed by atoms with Gasteiger partial charge in [0.1, 0.15) is 4.21 Å². The normalized spacial score (nSPS) is 25.9. The number of piperidine rings is 1. The molecule has 3 atom stereocenters. The van der Waals surface area contributed by atoms with Crippen LogP contribution in [0, 0.1) is 0 Å². The fourth-order valence-electron chi connectivity index (χ4n) is 4.51. The topological polar surface area (TPSA) is 83.6 Å². The van der Waals surface area contributed by atoms with E-state index in [0.29, 0.717) is 6.54 Å². The average Bonchev–Trinajstić information content (AvgIpc) is 3.38. The molecular weight excluding hydrogens is 440 g/mol. The van der Waals surface area contributed by atoms with Crippen LogP contribution in [0.5, 0.6) is 0 Å². The molecule has 30 heavy (non-hydrogen) atoms. The Kier molecular flexibility index (Phi) is 6.64. The zero-order valence-electron chi connectivity index (χ0n) is 16.8. The van der Waals surface area contributed by atoms with Crippen LogP contribution in [0.15, 0.2) is 52.1 Å². The van der Waals surface area contributed by atoms with Crippen LogP contribution in [-0.4, -0.2) is 64.2 Å². The molecule has 1 aromatic heterocycles. The standard InChI is InChI=1S/C21H28N2O4S3/c24-29(25)15-18(20(16-29)30(26,27)21-10-7-13-28-21)22-14-19(17-8-3-1-4-9-17)23-11-5-2-6-12-23/h1,3-4,7-10,13,18-20,22H,2,5-6,11-12,14-16H2/t18-,19?,20-/m0/s1. The summed E-state index contributed by atoms with van der Waals surface area (Å²) in [5, 5.41) is 4.12. The second-order valence-corrected chi connectivity index (χ2v) is 13.6. The molecule has 3 heterocycles. The van der Waals surface area contributed by atoms with Gasteiger partial charge in [0.25, 0.3) is 0 Å². The molecule has 0 radical (unpaired) electrons. The molecule has 0 aliphatic carbocycles. The number of hydrogen-bond acceptors (Lipinski definition) is 7. The molecule has 1 aromatic carbocycles. The highest BCUT2D eigenvalue weighted by Gasteiger charge is 2.46. The fourth-order valence-corrected chi connectivity index (χ4v) is 10.5. The van der Waals surface area contributed by atoms with Crippen LogP contribution in [-0.2, 0) is 19.7 Å². The molecule has 6 nitrogen and oxygen atoms in total. The van der Waals surface area contributed by atoms with Crippen molar-refractivity contribution in [2.75, 3.05) is 31.1 Å². The van der Waals surface area contributed by atoms with Gasteiger partial charge in [-0.05, 0) is 42.9 Å². The first-order valence-electron chi connectivity index (χ1n) is 10.4. The van der Waals surface area contributed by atoms with Crippen molar-refractivity contribution >= 4 is 31.0 Å². The number of benzene rings is 1. The number of rotatable bonds is 7. The van der Waals surface area contributed by atoms with Gasteiger partial charge in [-0.15, -0.1) is 11.3 Å². The summed E-state index contributed by atoms with van der Waals surface area (Å²) < 4.78 is 51.2. The number of nitrogens with one attached hydrogen (secondary N) is 1. The molecule has 0 saturated carbocycles. The smallest absolute Gasteiger partial charge is 0.193 e. The Morgan fingerprint density at radius 2 is 1.77 bits per heavy atom. The van der Waals surface area contributed by atoms with Gasteiger partial charge in [-0.3, -0.25) is 4.90 Å². The van der Waals surface area contributed by atoms with Crippen molar-refractivity contribution < 1.29 is 16.8 Å². The Morgan fingerprint density at radius 1 is 1.03 bits per heavy atom. The van der Waals surface area contributed by atoms with Crippen LogP contribution in [0.25, 0.3) is 0 Å². The largest absolute Gasteiger partial charge is 0.310 e. The van der Waals surface area contributed by atoms with Gasteiger partial charge in [0.05, 0.1) is 16.8 Å². The number of nitrogens with zero attached hydrogens (tertiary/aromatic N) is 1. The Bertz CT molecular complexity index is 1030. The minimum absolute atomic E-state index is 0.0971. The summed E-state index contributed by atoms with van der Waals surface area (Å²) in [4.78, 5) is 2.43. The average molecular weight is 469 g/mol. The molecule has 2 aliphatic heterocycles. The first-order chi connectivity index (χ1) is 14.4. The lowest BCUT2D eigenvalue weighted by molar-refractivity contribution is 0.158. The SMILES string of the molecule is O=S1(=O)C[C@H](NCC(c2ccccc2)N2CCCCC2)[C@@H](S(=O)(=O)c2cccs2)C1. The van der Waals surface area contributed by atoms with Crippen LogP contribution < -0.4 is 5.32 Å². The lowest BCUT2D eigenvalue weighted by Gasteiger charge is -2.36. The van der Waals surface area contributed by atoms with Crippen molar-refractivity contribution in [2.45, 2.75) is 40.8 Å². The van der Waals surface area contributed by atoms with E-state index in [0.717, 1.165) is 37.3 Å². The first-order valence-corrected chi connectivity index (χ1v) is 14.6. The Morgan fingerprint density at radius 3 is 2.43 bits per heavy atom. The second kappa shape index (κ2) is 9.08. The van der Waals surface area contributed by atoms with Crippen LogP contribution in [0.2, 0.25) is 0 Å². The number of thiophene rings is 1. The molecule has 1 N–H and O–H groups in total. The quantitative estimate of drug-likeness (QED) is 0.672. The molecule has 1 unspecified atom stereocenters. The van der Waals surface area contributed by atoms with E-state index in [1.165, 1.54) is 12.0 Å². The predicted molar refractivity (Wildman–Crippen MR) is 120 cm³/mol. The summed E-state index contributed by atoms with van der Waals surface area (Å²) in [5.74, 6) is -0.450. The summed E-state index contributed by atoms with van der Waals surface area (Å²) >= 11 is 1.14. The molecule has 2 aromatic rings. The third-order valence-corrected chi connectivity index (χ3v) is 11.6. The Labute approximate surface area is 183 Å². The van der Waals surface area contributed by atoms with E-state index in [-0.39, 0.29) is 21.8 Å².